The fourth-order valence-electron chi connectivity index (χ4n) is 3.93. The van der Waals surface area contributed by atoms with Gasteiger partial charge < -0.3 is 4.57 Å². The van der Waals surface area contributed by atoms with Crippen molar-refractivity contribution in [3.8, 4) is 28.2 Å². The zero-order valence-corrected chi connectivity index (χ0v) is 16.6. The summed E-state index contributed by atoms with van der Waals surface area (Å²) in [5.41, 5.74) is 3.25. The van der Waals surface area contributed by atoms with Gasteiger partial charge in [-0.3, -0.25) is 4.57 Å². The highest BCUT2D eigenvalue weighted by atomic mass is 19.4. The predicted octanol–water partition coefficient (Wildman–Crippen LogP) is 6.72. The van der Waals surface area contributed by atoms with Crippen molar-refractivity contribution in [1.82, 2.24) is 14.1 Å². The molecule has 5 aromatic rings. The van der Waals surface area contributed by atoms with Crippen LogP contribution in [0, 0.1) is 0 Å². The molecule has 0 bridgehead atoms. The number of rotatable bonds is 3. The van der Waals surface area contributed by atoms with Crippen molar-refractivity contribution in [2.24, 2.45) is 7.05 Å². The molecule has 2 aromatic heterocycles. The number of aryl methyl sites for hydroxylation is 1. The Morgan fingerprint density at radius 2 is 1.61 bits per heavy atom. The van der Waals surface area contributed by atoms with Gasteiger partial charge in [0.25, 0.3) is 0 Å². The number of fused-ring (bicyclic) bond motifs is 1. The Hall–Kier alpha value is -3.80. The van der Waals surface area contributed by atoms with Gasteiger partial charge in [-0.25, -0.2) is 4.98 Å². The normalized spacial score (nSPS) is 11.9. The van der Waals surface area contributed by atoms with Crippen molar-refractivity contribution in [2.75, 3.05) is 0 Å². The van der Waals surface area contributed by atoms with E-state index in [0.29, 0.717) is 0 Å². The molecular formula is C25H18F3N3. The molecule has 0 atom stereocenters. The summed E-state index contributed by atoms with van der Waals surface area (Å²) < 4.78 is 44.4. The van der Waals surface area contributed by atoms with E-state index < -0.39 is 11.7 Å². The van der Waals surface area contributed by atoms with Crippen LogP contribution in [0.4, 0.5) is 13.2 Å². The van der Waals surface area contributed by atoms with Crippen LogP contribution in [0.25, 0.3) is 39.1 Å². The summed E-state index contributed by atoms with van der Waals surface area (Å²) >= 11 is 0. The molecular weight excluding hydrogens is 399 g/mol. The lowest BCUT2D eigenvalue weighted by Gasteiger charge is -2.15. The molecule has 0 N–H and O–H groups in total. The third-order valence-electron chi connectivity index (χ3n) is 5.46. The van der Waals surface area contributed by atoms with Gasteiger partial charge in [-0.1, -0.05) is 36.4 Å². The summed E-state index contributed by atoms with van der Waals surface area (Å²) in [7, 11) is 2.00. The molecule has 6 heteroatoms. The monoisotopic (exact) mass is 417 g/mol. The molecule has 3 aromatic carbocycles. The lowest BCUT2D eigenvalue weighted by Crippen LogP contribution is -2.08. The lowest BCUT2D eigenvalue weighted by atomic mass is 10.0. The summed E-state index contributed by atoms with van der Waals surface area (Å²) in [5, 5.41) is 1.13. The number of halogens is 3. The van der Waals surface area contributed by atoms with E-state index in [4.69, 9.17) is 0 Å². The first-order valence-electron chi connectivity index (χ1n) is 9.78. The Kier molecular flexibility index (Phi) is 4.43. The Labute approximate surface area is 177 Å². The van der Waals surface area contributed by atoms with E-state index in [9.17, 15) is 13.2 Å². The van der Waals surface area contributed by atoms with Crippen LogP contribution >= 0.6 is 0 Å². The highest BCUT2D eigenvalue weighted by Crippen LogP contribution is 2.37. The van der Waals surface area contributed by atoms with E-state index in [0.717, 1.165) is 33.8 Å². The smallest absolute Gasteiger partial charge is 0.351 e. The first-order chi connectivity index (χ1) is 14.9. The summed E-state index contributed by atoms with van der Waals surface area (Å²) in [6.07, 6.45) is 0.758. The van der Waals surface area contributed by atoms with Crippen LogP contribution in [0.2, 0.25) is 0 Å². The quantitative estimate of drug-likeness (QED) is 0.320. The second-order valence-electron chi connectivity index (χ2n) is 7.41. The van der Waals surface area contributed by atoms with Gasteiger partial charge in [0.2, 0.25) is 0 Å². The molecule has 5 rings (SSSR count). The number of aromatic nitrogens is 3. The minimum atomic E-state index is -4.46. The molecule has 0 unspecified atom stereocenters. The van der Waals surface area contributed by atoms with Gasteiger partial charge in [-0.2, -0.15) is 13.2 Å². The van der Waals surface area contributed by atoms with Crippen molar-refractivity contribution < 1.29 is 13.2 Å². The molecule has 0 fully saturated rings. The maximum absolute atomic E-state index is 13.6. The van der Waals surface area contributed by atoms with Crippen molar-refractivity contribution in [3.05, 3.63) is 97.0 Å². The molecule has 0 radical (unpaired) electrons. The molecule has 0 spiro atoms. The Balaban J connectivity index is 1.60. The maximum atomic E-state index is 13.6. The largest absolute Gasteiger partial charge is 0.417 e. The van der Waals surface area contributed by atoms with Crippen molar-refractivity contribution in [3.63, 3.8) is 0 Å². The molecule has 31 heavy (non-hydrogen) atoms. The van der Waals surface area contributed by atoms with Gasteiger partial charge in [0.1, 0.15) is 5.82 Å². The van der Waals surface area contributed by atoms with E-state index in [2.05, 4.69) is 33.8 Å². The van der Waals surface area contributed by atoms with Crippen molar-refractivity contribution in [1.29, 1.82) is 0 Å². The van der Waals surface area contributed by atoms with Crippen LogP contribution in [0.5, 0.6) is 0 Å². The first-order valence-corrected chi connectivity index (χ1v) is 9.78. The van der Waals surface area contributed by atoms with Crippen LogP contribution < -0.4 is 0 Å². The number of nitrogens with zero attached hydrogens (tertiary/aromatic N) is 3. The van der Waals surface area contributed by atoms with Gasteiger partial charge in [0, 0.05) is 47.8 Å². The summed E-state index contributed by atoms with van der Waals surface area (Å²) in [6, 6.07) is 21.5. The lowest BCUT2D eigenvalue weighted by molar-refractivity contribution is -0.137. The average molecular weight is 417 g/mol. The number of hydrogen-bond donors (Lipinski definition) is 0. The highest BCUT2D eigenvalue weighted by molar-refractivity contribution is 5.86. The molecule has 0 aliphatic heterocycles. The third kappa shape index (κ3) is 3.40. The van der Waals surface area contributed by atoms with Crippen LogP contribution in [0.3, 0.4) is 0 Å². The second kappa shape index (κ2) is 7.16. The van der Waals surface area contributed by atoms with E-state index >= 15 is 0 Å². The number of alkyl halides is 3. The van der Waals surface area contributed by atoms with E-state index in [1.54, 1.807) is 16.8 Å². The second-order valence-corrected chi connectivity index (χ2v) is 7.41. The number of hydrogen-bond acceptors (Lipinski definition) is 1. The molecule has 2 heterocycles. The van der Waals surface area contributed by atoms with Crippen molar-refractivity contribution >= 4 is 10.9 Å². The molecule has 0 aliphatic rings. The molecule has 3 nitrogen and oxygen atoms in total. The fourth-order valence-corrected chi connectivity index (χ4v) is 3.93. The van der Waals surface area contributed by atoms with Gasteiger partial charge in [0.05, 0.1) is 5.56 Å². The average Bonchev–Trinajstić information content (AvgIpc) is 3.40. The van der Waals surface area contributed by atoms with Gasteiger partial charge in [0.15, 0.2) is 0 Å². The summed E-state index contributed by atoms with van der Waals surface area (Å²) in [4.78, 5) is 4.24. The SMILES string of the molecule is Cn1ccc2cc(-c3cccc(-n4ccnc4-c4ccccc4C(F)(F)F)c3)ccc21. The zero-order valence-electron chi connectivity index (χ0n) is 16.6. The molecule has 0 saturated carbocycles. The fraction of sp³-hybridized carbons (Fsp3) is 0.0800. The third-order valence-corrected chi connectivity index (χ3v) is 5.46. The van der Waals surface area contributed by atoms with Crippen LogP contribution in [0.1, 0.15) is 5.56 Å². The van der Waals surface area contributed by atoms with Crippen molar-refractivity contribution in [2.45, 2.75) is 6.18 Å². The Morgan fingerprint density at radius 3 is 2.45 bits per heavy atom. The molecule has 0 amide bonds. The summed E-state index contributed by atoms with van der Waals surface area (Å²) in [6.45, 7) is 0. The standard InChI is InChI=1S/C25H18F3N3/c1-30-13-11-19-15-18(9-10-23(19)30)17-5-4-6-20(16-17)31-14-12-29-24(31)21-7-2-3-8-22(21)25(26,27)28/h2-16H,1H3. The minimum absolute atomic E-state index is 0.0520. The predicted molar refractivity (Wildman–Crippen MR) is 116 cm³/mol. The number of imidazole rings is 1. The molecule has 154 valence electrons. The Morgan fingerprint density at radius 1 is 0.806 bits per heavy atom. The molecule has 0 aliphatic carbocycles. The topological polar surface area (TPSA) is 22.8 Å². The minimum Gasteiger partial charge on any atom is -0.351 e. The van der Waals surface area contributed by atoms with E-state index in [1.165, 1.54) is 18.3 Å². The first kappa shape index (κ1) is 19.2. The van der Waals surface area contributed by atoms with Gasteiger partial charge >= 0.3 is 6.18 Å². The number of benzene rings is 3. The highest BCUT2D eigenvalue weighted by Gasteiger charge is 2.34. The zero-order chi connectivity index (χ0) is 21.6. The molecule has 0 saturated heterocycles. The van der Waals surface area contributed by atoms with E-state index in [-0.39, 0.29) is 11.4 Å². The van der Waals surface area contributed by atoms with Crippen LogP contribution in [-0.2, 0) is 13.2 Å². The van der Waals surface area contributed by atoms with Crippen LogP contribution in [-0.4, -0.2) is 14.1 Å². The summed E-state index contributed by atoms with van der Waals surface area (Å²) in [5.74, 6) is 0.253. The Bertz CT molecular complexity index is 1390. The maximum Gasteiger partial charge on any atom is 0.417 e. The van der Waals surface area contributed by atoms with Gasteiger partial charge in [-0.05, 0) is 47.5 Å². The van der Waals surface area contributed by atoms with Crippen LogP contribution in [0.15, 0.2) is 91.4 Å². The van der Waals surface area contributed by atoms with E-state index in [1.807, 2.05) is 37.5 Å². The van der Waals surface area contributed by atoms with Gasteiger partial charge in [-0.15, -0.1) is 0 Å².